The van der Waals surface area contributed by atoms with Gasteiger partial charge in [0.2, 0.25) is 10.0 Å². The third-order valence-corrected chi connectivity index (χ3v) is 8.40. The van der Waals surface area contributed by atoms with Crippen LogP contribution in [0.5, 0.6) is 11.5 Å². The number of phenolic OH excluding ortho intramolecular Hbond substituents is 1. The number of aromatic hydroxyl groups is 1. The third kappa shape index (κ3) is 6.18. The molecular weight excluding hydrogens is 520 g/mol. The summed E-state index contributed by atoms with van der Waals surface area (Å²) in [6.45, 7) is 3.76. The van der Waals surface area contributed by atoms with Crippen molar-refractivity contribution in [3.8, 4) is 21.9 Å². The summed E-state index contributed by atoms with van der Waals surface area (Å²) in [4.78, 5) is 17.0. The van der Waals surface area contributed by atoms with E-state index >= 15 is 0 Å². The largest absolute Gasteiger partial charge is 0.508 e. The van der Waals surface area contributed by atoms with E-state index in [4.69, 9.17) is 4.74 Å². The summed E-state index contributed by atoms with van der Waals surface area (Å²) >= 11 is 1.41. The summed E-state index contributed by atoms with van der Waals surface area (Å²) in [5.74, 6) is 0.727. The number of anilines is 1. The molecule has 0 aliphatic carbocycles. The highest BCUT2D eigenvalue weighted by Crippen LogP contribution is 2.41. The van der Waals surface area contributed by atoms with Crippen LogP contribution < -0.4 is 9.46 Å². The van der Waals surface area contributed by atoms with Gasteiger partial charge in [0.15, 0.2) is 5.78 Å². The molecule has 0 spiro atoms. The van der Waals surface area contributed by atoms with Gasteiger partial charge in [-0.15, -0.1) is 11.3 Å². The number of carbonyl (C=O) groups excluding carboxylic acids is 1. The van der Waals surface area contributed by atoms with Crippen LogP contribution in [-0.2, 0) is 10.0 Å². The average Bonchev–Trinajstić information content (AvgIpc) is 3.27. The Kier molecular flexibility index (Phi) is 7.69. The van der Waals surface area contributed by atoms with Gasteiger partial charge in [-0.1, -0.05) is 12.5 Å². The molecular formula is C29H30N2O5S2. The van der Waals surface area contributed by atoms with Crippen molar-refractivity contribution in [2.45, 2.75) is 19.3 Å². The lowest BCUT2D eigenvalue weighted by Gasteiger charge is -2.26. The number of nitrogens with zero attached hydrogens (tertiary/aromatic N) is 1. The molecule has 0 atom stereocenters. The van der Waals surface area contributed by atoms with Crippen LogP contribution in [0, 0.1) is 0 Å². The molecule has 198 valence electrons. The number of carbonyl (C=O) groups is 1. The molecule has 1 aromatic heterocycles. The van der Waals surface area contributed by atoms with E-state index in [9.17, 15) is 18.3 Å². The Balaban J connectivity index is 1.42. The fourth-order valence-electron chi connectivity index (χ4n) is 4.74. The van der Waals surface area contributed by atoms with E-state index in [2.05, 4.69) is 9.62 Å². The van der Waals surface area contributed by atoms with Gasteiger partial charge in [0.1, 0.15) is 18.1 Å². The number of hydrogen-bond acceptors (Lipinski definition) is 7. The zero-order valence-corrected chi connectivity index (χ0v) is 22.8. The quantitative estimate of drug-likeness (QED) is 0.258. The number of phenols is 1. The molecule has 3 aromatic carbocycles. The lowest BCUT2D eigenvalue weighted by Crippen LogP contribution is -2.33. The van der Waals surface area contributed by atoms with Crippen LogP contribution in [0.15, 0.2) is 66.7 Å². The number of benzene rings is 3. The van der Waals surface area contributed by atoms with Crippen LogP contribution in [0.25, 0.3) is 20.5 Å². The van der Waals surface area contributed by atoms with Gasteiger partial charge in [0.05, 0.1) is 6.26 Å². The summed E-state index contributed by atoms with van der Waals surface area (Å²) < 4.78 is 32.7. The first-order valence-electron chi connectivity index (χ1n) is 12.6. The van der Waals surface area contributed by atoms with Gasteiger partial charge in [-0.05, 0) is 92.2 Å². The number of fused-ring (bicyclic) bond motifs is 1. The van der Waals surface area contributed by atoms with E-state index < -0.39 is 10.0 Å². The van der Waals surface area contributed by atoms with E-state index in [1.54, 1.807) is 54.6 Å². The fraction of sp³-hybridized carbons (Fsp3) is 0.276. The maximum Gasteiger partial charge on any atom is 0.229 e. The SMILES string of the molecule is CS(=O)(=O)Nc1ccc2c(C(=O)c3ccc(OCCN4CCCCC4)cc3)c(-c3ccc(O)cc3)sc2c1. The van der Waals surface area contributed by atoms with E-state index in [1.165, 1.54) is 30.6 Å². The van der Waals surface area contributed by atoms with Crippen molar-refractivity contribution in [2.24, 2.45) is 0 Å². The summed E-state index contributed by atoms with van der Waals surface area (Å²) in [5, 5.41) is 10.5. The molecule has 0 bridgehead atoms. The normalized spacial score (nSPS) is 14.4. The molecule has 1 aliphatic rings. The molecule has 2 N–H and O–H groups in total. The Morgan fingerprint density at radius 2 is 1.71 bits per heavy atom. The Labute approximate surface area is 226 Å². The minimum atomic E-state index is -3.44. The predicted octanol–water partition coefficient (Wildman–Crippen LogP) is 5.74. The number of hydrogen-bond donors (Lipinski definition) is 2. The topological polar surface area (TPSA) is 95.9 Å². The van der Waals surface area contributed by atoms with Crippen molar-refractivity contribution >= 4 is 42.9 Å². The molecule has 1 aliphatic heterocycles. The summed E-state index contributed by atoms with van der Waals surface area (Å²) in [6.07, 6.45) is 4.90. The van der Waals surface area contributed by atoms with Gasteiger partial charge in [-0.25, -0.2) is 8.42 Å². The van der Waals surface area contributed by atoms with E-state index in [-0.39, 0.29) is 11.5 Å². The van der Waals surface area contributed by atoms with Gasteiger partial charge in [0, 0.05) is 38.3 Å². The van der Waals surface area contributed by atoms with Crippen LogP contribution in [-0.4, -0.2) is 56.7 Å². The van der Waals surface area contributed by atoms with Gasteiger partial charge >= 0.3 is 0 Å². The molecule has 7 nitrogen and oxygen atoms in total. The standard InChI is InChI=1S/C29H30N2O5S2/c1-38(34,35)30-22-9-14-25-26(19-22)37-29(21-5-10-23(32)11-6-21)27(25)28(33)20-7-12-24(13-8-20)36-18-17-31-15-3-2-4-16-31/h5-14,19,30,32H,2-4,15-18H2,1H3. The lowest BCUT2D eigenvalue weighted by molar-refractivity contribution is 0.104. The number of sulfonamides is 1. The molecule has 1 saturated heterocycles. The Morgan fingerprint density at radius 1 is 1.00 bits per heavy atom. The van der Waals surface area contributed by atoms with Gasteiger partial charge in [0.25, 0.3) is 0 Å². The highest BCUT2D eigenvalue weighted by molar-refractivity contribution is 7.92. The lowest BCUT2D eigenvalue weighted by atomic mass is 9.97. The van der Waals surface area contributed by atoms with Gasteiger partial charge in [-0.2, -0.15) is 0 Å². The molecule has 1 fully saturated rings. The number of likely N-dealkylation sites (tertiary alicyclic amines) is 1. The Hall–Kier alpha value is -3.40. The van der Waals surface area contributed by atoms with E-state index in [0.717, 1.165) is 52.2 Å². The zero-order valence-electron chi connectivity index (χ0n) is 21.1. The number of nitrogens with one attached hydrogen (secondary N) is 1. The molecule has 0 saturated carbocycles. The van der Waals surface area contributed by atoms with Crippen LogP contribution >= 0.6 is 11.3 Å². The third-order valence-electron chi connectivity index (χ3n) is 6.59. The van der Waals surface area contributed by atoms with Crippen LogP contribution in [0.1, 0.15) is 35.2 Å². The van der Waals surface area contributed by atoms with Crippen molar-refractivity contribution in [2.75, 3.05) is 37.2 Å². The average molecular weight is 551 g/mol. The Morgan fingerprint density at radius 3 is 2.39 bits per heavy atom. The number of thiophene rings is 1. The molecule has 38 heavy (non-hydrogen) atoms. The van der Waals surface area contributed by atoms with Crippen molar-refractivity contribution in [1.29, 1.82) is 0 Å². The highest BCUT2D eigenvalue weighted by Gasteiger charge is 2.22. The molecule has 9 heteroatoms. The van der Waals surface area contributed by atoms with Crippen LogP contribution in [0.3, 0.4) is 0 Å². The van der Waals surface area contributed by atoms with Crippen molar-refractivity contribution < 1.29 is 23.1 Å². The second-order valence-corrected chi connectivity index (χ2v) is 12.3. The highest BCUT2D eigenvalue weighted by atomic mass is 32.2. The number of ketones is 1. The minimum absolute atomic E-state index is 0.136. The first-order chi connectivity index (χ1) is 18.3. The first kappa shape index (κ1) is 26.2. The van der Waals surface area contributed by atoms with E-state index in [1.807, 2.05) is 12.1 Å². The zero-order chi connectivity index (χ0) is 26.7. The monoisotopic (exact) mass is 550 g/mol. The molecule has 2 heterocycles. The number of ether oxygens (including phenoxy) is 1. The molecule has 0 amide bonds. The summed E-state index contributed by atoms with van der Waals surface area (Å²) in [5.41, 5.74) is 2.30. The first-order valence-corrected chi connectivity index (χ1v) is 15.3. The maximum atomic E-state index is 13.8. The fourth-order valence-corrected chi connectivity index (χ4v) is 6.54. The van der Waals surface area contributed by atoms with Crippen molar-refractivity contribution in [3.05, 3.63) is 77.9 Å². The van der Waals surface area contributed by atoms with Crippen LogP contribution in [0.2, 0.25) is 0 Å². The summed E-state index contributed by atoms with van der Waals surface area (Å²) in [6, 6.07) is 19.1. The number of piperidine rings is 1. The predicted molar refractivity (Wildman–Crippen MR) is 153 cm³/mol. The minimum Gasteiger partial charge on any atom is -0.508 e. The van der Waals surface area contributed by atoms with Crippen molar-refractivity contribution in [1.82, 2.24) is 4.90 Å². The second-order valence-electron chi connectivity index (χ2n) is 9.54. The van der Waals surface area contributed by atoms with E-state index in [0.29, 0.717) is 23.4 Å². The molecule has 0 radical (unpaired) electrons. The van der Waals surface area contributed by atoms with Crippen LogP contribution in [0.4, 0.5) is 5.69 Å². The van der Waals surface area contributed by atoms with Crippen molar-refractivity contribution in [3.63, 3.8) is 0 Å². The van der Waals surface area contributed by atoms with Gasteiger partial charge < -0.3 is 9.84 Å². The molecule has 5 rings (SSSR count). The second kappa shape index (κ2) is 11.1. The maximum absolute atomic E-state index is 13.8. The molecule has 4 aromatic rings. The summed E-state index contributed by atoms with van der Waals surface area (Å²) in [7, 11) is -3.44. The van der Waals surface area contributed by atoms with Gasteiger partial charge in [-0.3, -0.25) is 14.4 Å². The molecule has 0 unspecified atom stereocenters. The number of rotatable bonds is 9. The smallest absolute Gasteiger partial charge is 0.229 e. The Bertz CT molecular complexity index is 1540.